The molecule has 1 aliphatic carbocycles. The molecule has 204 valence electrons. The van der Waals surface area contributed by atoms with E-state index in [0.717, 1.165) is 47.8 Å². The quantitative estimate of drug-likeness (QED) is 0.393. The number of hydrogen-bond donors (Lipinski definition) is 2. The van der Waals surface area contributed by atoms with E-state index in [9.17, 15) is 9.59 Å². The fourth-order valence-corrected chi connectivity index (χ4v) is 5.59. The standard InChI is InChI=1S/C28H34N8O3/c1-28(2,3)39-27(38)35-14-12-34(13-15-35)19-8-9-22(30-16-19)32-26-31-17-21-20-10-11-29-25(37)23(20)36(24(21)33-26)18-6-4-5-7-18/h8-11,16-18H,4-7,12-15H2,1-3H3,(H,29,37)(H,30,31,32,33). The molecule has 6 rings (SSSR count). The molecule has 1 saturated carbocycles. The van der Waals surface area contributed by atoms with Crippen molar-refractivity contribution in [1.82, 2.24) is 29.4 Å². The van der Waals surface area contributed by atoms with Crippen LogP contribution in [0.1, 0.15) is 52.5 Å². The van der Waals surface area contributed by atoms with Gasteiger partial charge in [-0.3, -0.25) is 4.79 Å². The smallest absolute Gasteiger partial charge is 0.410 e. The van der Waals surface area contributed by atoms with Crippen LogP contribution in [0.25, 0.3) is 21.9 Å². The maximum Gasteiger partial charge on any atom is 0.410 e. The van der Waals surface area contributed by atoms with Gasteiger partial charge in [0.05, 0.1) is 11.9 Å². The van der Waals surface area contributed by atoms with E-state index in [1.165, 1.54) is 0 Å². The van der Waals surface area contributed by atoms with Crippen molar-refractivity contribution in [2.45, 2.75) is 58.1 Å². The third kappa shape index (κ3) is 5.00. The number of carbonyl (C=O) groups is 1. The number of pyridine rings is 2. The lowest BCUT2D eigenvalue weighted by molar-refractivity contribution is 0.0240. The third-order valence-corrected chi connectivity index (χ3v) is 7.44. The summed E-state index contributed by atoms with van der Waals surface area (Å²) >= 11 is 0. The van der Waals surface area contributed by atoms with E-state index >= 15 is 0 Å². The first-order chi connectivity index (χ1) is 18.8. The molecule has 2 N–H and O–H groups in total. The van der Waals surface area contributed by atoms with Crippen molar-refractivity contribution >= 4 is 45.5 Å². The van der Waals surface area contributed by atoms with E-state index in [2.05, 4.69) is 29.7 Å². The van der Waals surface area contributed by atoms with Crippen molar-refractivity contribution in [1.29, 1.82) is 0 Å². The zero-order valence-corrected chi connectivity index (χ0v) is 22.6. The SMILES string of the molecule is CC(C)(C)OC(=O)N1CCN(c2ccc(Nc3ncc4c5cc[nH]c(=O)c5n(C5CCCC5)c4n3)nc2)CC1. The predicted molar refractivity (Wildman–Crippen MR) is 151 cm³/mol. The molecule has 2 fully saturated rings. The minimum absolute atomic E-state index is 0.101. The summed E-state index contributed by atoms with van der Waals surface area (Å²) < 4.78 is 7.60. The van der Waals surface area contributed by atoms with Gasteiger partial charge in [-0.2, -0.15) is 4.98 Å². The molecule has 0 atom stereocenters. The highest BCUT2D eigenvalue weighted by molar-refractivity contribution is 6.06. The van der Waals surface area contributed by atoms with Gasteiger partial charge in [0.15, 0.2) is 0 Å². The average Bonchev–Trinajstić information content (AvgIpc) is 3.55. The van der Waals surface area contributed by atoms with Crippen molar-refractivity contribution < 1.29 is 9.53 Å². The zero-order chi connectivity index (χ0) is 27.1. The van der Waals surface area contributed by atoms with Gasteiger partial charge in [0.25, 0.3) is 5.56 Å². The molecule has 0 unspecified atom stereocenters. The van der Waals surface area contributed by atoms with Crippen LogP contribution in [0.5, 0.6) is 0 Å². The number of fused-ring (bicyclic) bond motifs is 3. The van der Waals surface area contributed by atoms with Gasteiger partial charge in [0.1, 0.15) is 22.6 Å². The van der Waals surface area contributed by atoms with Gasteiger partial charge in [-0.25, -0.2) is 14.8 Å². The van der Waals surface area contributed by atoms with E-state index in [1.54, 1.807) is 17.3 Å². The number of hydrogen-bond acceptors (Lipinski definition) is 8. The molecule has 1 saturated heterocycles. The number of nitrogens with zero attached hydrogens (tertiary/aromatic N) is 6. The number of carbonyl (C=O) groups excluding carboxylic acids is 1. The molecule has 0 aromatic carbocycles. The molecule has 39 heavy (non-hydrogen) atoms. The molecular weight excluding hydrogens is 496 g/mol. The molecule has 11 heteroatoms. The lowest BCUT2D eigenvalue weighted by Gasteiger charge is -2.36. The van der Waals surface area contributed by atoms with E-state index in [-0.39, 0.29) is 17.7 Å². The number of ether oxygens (including phenoxy) is 1. The maximum atomic E-state index is 12.8. The molecule has 5 heterocycles. The highest BCUT2D eigenvalue weighted by atomic mass is 16.6. The van der Waals surface area contributed by atoms with Crippen LogP contribution < -0.4 is 15.8 Å². The zero-order valence-electron chi connectivity index (χ0n) is 22.6. The van der Waals surface area contributed by atoms with Crippen LogP contribution in [0, 0.1) is 0 Å². The van der Waals surface area contributed by atoms with Gasteiger partial charge in [0.2, 0.25) is 5.95 Å². The Balaban J connectivity index is 1.19. The molecule has 4 aromatic heterocycles. The highest BCUT2D eigenvalue weighted by Crippen LogP contribution is 2.36. The number of aromatic amines is 1. The third-order valence-electron chi connectivity index (χ3n) is 7.44. The minimum Gasteiger partial charge on any atom is -0.444 e. The largest absolute Gasteiger partial charge is 0.444 e. The van der Waals surface area contributed by atoms with Gasteiger partial charge in [-0.05, 0) is 51.8 Å². The summed E-state index contributed by atoms with van der Waals surface area (Å²) in [4.78, 5) is 45.9. The second kappa shape index (κ2) is 9.87. The van der Waals surface area contributed by atoms with Crippen LogP contribution >= 0.6 is 0 Å². The summed E-state index contributed by atoms with van der Waals surface area (Å²) in [5.41, 5.74) is 1.82. The maximum absolute atomic E-state index is 12.8. The molecular formula is C28H34N8O3. The van der Waals surface area contributed by atoms with Crippen molar-refractivity contribution in [3.8, 4) is 0 Å². The first kappa shape index (κ1) is 25.1. The van der Waals surface area contributed by atoms with Gasteiger partial charge in [-0.1, -0.05) is 12.8 Å². The van der Waals surface area contributed by atoms with Crippen LogP contribution in [0.4, 0.5) is 22.2 Å². The Morgan fingerprint density at radius 1 is 1.03 bits per heavy atom. The number of amides is 1. The summed E-state index contributed by atoms with van der Waals surface area (Å²) in [5, 5.41) is 4.98. The van der Waals surface area contributed by atoms with Gasteiger partial charge >= 0.3 is 6.09 Å². The Hall–Kier alpha value is -4.15. The molecule has 0 spiro atoms. The van der Waals surface area contributed by atoms with E-state index in [4.69, 9.17) is 9.72 Å². The second-order valence-corrected chi connectivity index (χ2v) is 11.3. The summed E-state index contributed by atoms with van der Waals surface area (Å²) in [5.74, 6) is 1.07. The summed E-state index contributed by atoms with van der Waals surface area (Å²) in [7, 11) is 0. The Morgan fingerprint density at radius 3 is 2.49 bits per heavy atom. The molecule has 11 nitrogen and oxygen atoms in total. The van der Waals surface area contributed by atoms with Crippen molar-refractivity contribution in [2.24, 2.45) is 0 Å². The van der Waals surface area contributed by atoms with Crippen LogP contribution in [0.3, 0.4) is 0 Å². The number of aromatic nitrogens is 5. The average molecular weight is 531 g/mol. The van der Waals surface area contributed by atoms with Crippen molar-refractivity contribution in [2.75, 3.05) is 36.4 Å². The first-order valence-corrected chi connectivity index (χ1v) is 13.6. The number of nitrogens with one attached hydrogen (secondary N) is 2. The lowest BCUT2D eigenvalue weighted by atomic mass is 10.2. The van der Waals surface area contributed by atoms with Gasteiger partial charge in [0, 0.05) is 55.4 Å². The van der Waals surface area contributed by atoms with Crippen LogP contribution in [-0.2, 0) is 4.74 Å². The summed E-state index contributed by atoms with van der Waals surface area (Å²) in [6.45, 7) is 8.24. The predicted octanol–water partition coefficient (Wildman–Crippen LogP) is 4.58. The van der Waals surface area contributed by atoms with Gasteiger partial charge < -0.3 is 29.4 Å². The van der Waals surface area contributed by atoms with E-state index in [0.29, 0.717) is 43.5 Å². The fraction of sp³-hybridized carbons (Fsp3) is 0.464. The number of rotatable bonds is 4. The second-order valence-electron chi connectivity index (χ2n) is 11.3. The Bertz CT molecular complexity index is 1560. The first-order valence-electron chi connectivity index (χ1n) is 13.6. The summed E-state index contributed by atoms with van der Waals surface area (Å²) in [6, 6.07) is 6.09. The molecule has 2 aliphatic rings. The highest BCUT2D eigenvalue weighted by Gasteiger charge is 2.27. The number of anilines is 3. The minimum atomic E-state index is -0.500. The van der Waals surface area contributed by atoms with Gasteiger partial charge in [-0.15, -0.1) is 0 Å². The normalized spacial score (nSPS) is 16.8. The van der Waals surface area contributed by atoms with E-state index in [1.807, 2.05) is 45.2 Å². The van der Waals surface area contributed by atoms with Crippen LogP contribution in [0.15, 0.2) is 41.6 Å². The molecule has 0 radical (unpaired) electrons. The monoisotopic (exact) mass is 530 g/mol. The molecule has 4 aromatic rings. The topological polar surface area (TPSA) is 121 Å². The number of H-pyrrole nitrogens is 1. The molecule has 1 aliphatic heterocycles. The Kier molecular flexibility index (Phi) is 6.36. The fourth-order valence-electron chi connectivity index (χ4n) is 5.59. The van der Waals surface area contributed by atoms with Crippen molar-refractivity contribution in [3.05, 3.63) is 47.1 Å². The summed E-state index contributed by atoms with van der Waals surface area (Å²) in [6.07, 6.45) is 9.39. The molecule has 1 amide bonds. The lowest BCUT2D eigenvalue weighted by Crippen LogP contribution is -2.50. The van der Waals surface area contributed by atoms with Crippen molar-refractivity contribution in [3.63, 3.8) is 0 Å². The Labute approximate surface area is 226 Å². The van der Waals surface area contributed by atoms with E-state index < -0.39 is 5.60 Å². The van der Waals surface area contributed by atoms with Crippen LogP contribution in [0.2, 0.25) is 0 Å². The molecule has 0 bridgehead atoms. The number of piperazine rings is 1. The Morgan fingerprint density at radius 2 is 1.79 bits per heavy atom. The van der Waals surface area contributed by atoms with Crippen LogP contribution in [-0.4, -0.2) is 67.3 Å².